The molecule has 0 radical (unpaired) electrons. The van der Waals surface area contributed by atoms with Crippen molar-refractivity contribution in [3.8, 4) is 0 Å². The minimum absolute atomic E-state index is 0.132. The average Bonchev–Trinajstić information content (AvgIpc) is 2.70. The van der Waals surface area contributed by atoms with Crippen LogP contribution in [0.3, 0.4) is 0 Å². The van der Waals surface area contributed by atoms with E-state index in [9.17, 15) is 0 Å². The highest BCUT2D eigenvalue weighted by Gasteiger charge is 2.10. The molecule has 0 aliphatic carbocycles. The van der Waals surface area contributed by atoms with Gasteiger partial charge in [-0.25, -0.2) is 4.98 Å². The van der Waals surface area contributed by atoms with E-state index in [4.69, 9.17) is 23.2 Å². The van der Waals surface area contributed by atoms with Gasteiger partial charge in [-0.3, -0.25) is 0 Å². The number of nitrogens with zero attached hydrogens (tertiary/aromatic N) is 1. The van der Waals surface area contributed by atoms with Gasteiger partial charge in [0.1, 0.15) is 0 Å². The molecule has 0 aliphatic heterocycles. The maximum atomic E-state index is 6.02. The van der Waals surface area contributed by atoms with Crippen LogP contribution in [0.15, 0.2) is 28.2 Å². The second-order valence-electron chi connectivity index (χ2n) is 3.54. The number of pyridine rings is 1. The van der Waals surface area contributed by atoms with Crippen molar-refractivity contribution >= 4 is 56.2 Å². The molecule has 0 aliphatic rings. The molecule has 0 bridgehead atoms. The number of aromatic nitrogens is 1. The minimum Gasteiger partial charge on any atom is -0.376 e. The molecule has 1 atom stereocenters. The summed E-state index contributed by atoms with van der Waals surface area (Å²) in [5, 5.41) is 5.79. The van der Waals surface area contributed by atoms with Gasteiger partial charge >= 0.3 is 0 Å². The number of rotatable bonds is 3. The summed E-state index contributed by atoms with van der Waals surface area (Å²) in [6.07, 6.45) is 1.67. The van der Waals surface area contributed by atoms with Crippen molar-refractivity contribution in [1.82, 2.24) is 4.98 Å². The lowest BCUT2D eigenvalue weighted by molar-refractivity contribution is 0.888. The third-order valence-electron chi connectivity index (χ3n) is 2.27. The largest absolute Gasteiger partial charge is 0.376 e. The molecule has 90 valence electrons. The van der Waals surface area contributed by atoms with E-state index in [2.05, 4.69) is 33.2 Å². The van der Waals surface area contributed by atoms with Gasteiger partial charge in [0.2, 0.25) is 0 Å². The number of anilines is 1. The molecule has 17 heavy (non-hydrogen) atoms. The summed E-state index contributed by atoms with van der Waals surface area (Å²) in [4.78, 5) is 4.06. The van der Waals surface area contributed by atoms with Crippen LogP contribution in [0.4, 0.5) is 5.69 Å². The predicted octanol–water partition coefficient (Wildman–Crippen LogP) is 5.39. The van der Waals surface area contributed by atoms with E-state index in [1.54, 1.807) is 6.20 Å². The Morgan fingerprint density at radius 2 is 2.18 bits per heavy atom. The van der Waals surface area contributed by atoms with Crippen molar-refractivity contribution in [2.75, 3.05) is 5.32 Å². The molecule has 6 heteroatoms. The van der Waals surface area contributed by atoms with E-state index in [1.165, 1.54) is 11.3 Å². The van der Waals surface area contributed by atoms with Crippen molar-refractivity contribution in [2.24, 2.45) is 0 Å². The maximum Gasteiger partial charge on any atom is 0.152 e. The van der Waals surface area contributed by atoms with Crippen LogP contribution in [-0.4, -0.2) is 4.98 Å². The summed E-state index contributed by atoms with van der Waals surface area (Å²) < 4.78 is 1.67. The normalized spacial score (nSPS) is 12.5. The molecule has 2 nitrogen and oxygen atoms in total. The highest BCUT2D eigenvalue weighted by molar-refractivity contribution is 9.10. The molecule has 1 unspecified atom stereocenters. The molecule has 0 saturated heterocycles. The fourth-order valence-electron chi connectivity index (χ4n) is 1.39. The number of halogens is 3. The van der Waals surface area contributed by atoms with Crippen molar-refractivity contribution in [2.45, 2.75) is 13.0 Å². The molecule has 0 aromatic carbocycles. The van der Waals surface area contributed by atoms with E-state index in [0.717, 1.165) is 20.1 Å². The van der Waals surface area contributed by atoms with Gasteiger partial charge in [0.05, 0.1) is 10.0 Å². The van der Waals surface area contributed by atoms with Crippen molar-refractivity contribution in [3.63, 3.8) is 0 Å². The van der Waals surface area contributed by atoms with Gasteiger partial charge in [0.25, 0.3) is 0 Å². The number of hydrogen-bond donors (Lipinski definition) is 1. The minimum atomic E-state index is 0.132. The van der Waals surface area contributed by atoms with Crippen LogP contribution in [0.2, 0.25) is 9.49 Å². The standard InChI is InChI=1S/C11H9BrCl2N2S/c1-6(7-2-10(13)17-5-7)16-9-3-8(12)4-15-11(9)14/h2-6,16H,1H3. The molecular formula is C11H9BrCl2N2S. The zero-order chi connectivity index (χ0) is 12.4. The summed E-state index contributed by atoms with van der Waals surface area (Å²) in [5.41, 5.74) is 1.94. The summed E-state index contributed by atoms with van der Waals surface area (Å²) >= 11 is 16.8. The average molecular weight is 352 g/mol. The highest BCUT2D eigenvalue weighted by Crippen LogP contribution is 2.30. The SMILES string of the molecule is CC(Nc1cc(Br)cnc1Cl)c1csc(Cl)c1. The summed E-state index contributed by atoms with van der Waals surface area (Å²) in [6.45, 7) is 2.05. The molecule has 0 amide bonds. The molecule has 2 rings (SSSR count). The third kappa shape index (κ3) is 3.35. The maximum absolute atomic E-state index is 6.02. The van der Waals surface area contributed by atoms with Gasteiger partial charge in [0, 0.05) is 16.7 Å². The lowest BCUT2D eigenvalue weighted by atomic mass is 10.2. The van der Waals surface area contributed by atoms with Gasteiger partial charge in [0.15, 0.2) is 5.15 Å². The highest BCUT2D eigenvalue weighted by atomic mass is 79.9. The summed E-state index contributed by atoms with van der Waals surface area (Å²) in [5.74, 6) is 0. The molecule has 0 saturated carbocycles. The Morgan fingerprint density at radius 1 is 1.41 bits per heavy atom. The fraction of sp³-hybridized carbons (Fsp3) is 0.182. The Balaban J connectivity index is 2.18. The van der Waals surface area contributed by atoms with Crippen molar-refractivity contribution in [1.29, 1.82) is 0 Å². The first kappa shape index (κ1) is 13.1. The van der Waals surface area contributed by atoms with Crippen LogP contribution in [0.1, 0.15) is 18.5 Å². The van der Waals surface area contributed by atoms with Gasteiger partial charge in [-0.1, -0.05) is 23.2 Å². The van der Waals surface area contributed by atoms with E-state index >= 15 is 0 Å². The van der Waals surface area contributed by atoms with E-state index in [0.29, 0.717) is 5.15 Å². The Bertz CT molecular complexity index is 530. The topological polar surface area (TPSA) is 24.9 Å². The number of hydrogen-bond acceptors (Lipinski definition) is 3. The molecule has 2 aromatic rings. The van der Waals surface area contributed by atoms with Crippen LogP contribution in [0.25, 0.3) is 0 Å². The Hall–Kier alpha value is -0.290. The van der Waals surface area contributed by atoms with Gasteiger partial charge in [-0.15, -0.1) is 11.3 Å². The first-order valence-electron chi connectivity index (χ1n) is 4.88. The Kier molecular flexibility index (Phi) is 4.31. The molecule has 2 aromatic heterocycles. The van der Waals surface area contributed by atoms with Gasteiger partial charge < -0.3 is 5.32 Å². The third-order valence-corrected chi connectivity index (χ3v) is 4.11. The molecule has 1 N–H and O–H groups in total. The second kappa shape index (κ2) is 5.57. The van der Waals surface area contributed by atoms with Crippen LogP contribution >= 0.6 is 50.5 Å². The molecule has 0 fully saturated rings. The monoisotopic (exact) mass is 350 g/mol. The quantitative estimate of drug-likeness (QED) is 0.750. The zero-order valence-electron chi connectivity index (χ0n) is 8.88. The van der Waals surface area contributed by atoms with Crippen LogP contribution in [-0.2, 0) is 0 Å². The van der Waals surface area contributed by atoms with E-state index in [1.807, 2.05) is 17.5 Å². The molecule has 2 heterocycles. The van der Waals surface area contributed by atoms with Crippen LogP contribution < -0.4 is 5.32 Å². The molecular weight excluding hydrogens is 343 g/mol. The lowest BCUT2D eigenvalue weighted by Crippen LogP contribution is -2.06. The van der Waals surface area contributed by atoms with E-state index < -0.39 is 0 Å². The summed E-state index contributed by atoms with van der Waals surface area (Å²) in [7, 11) is 0. The van der Waals surface area contributed by atoms with Crippen molar-refractivity contribution in [3.05, 3.63) is 43.2 Å². The zero-order valence-corrected chi connectivity index (χ0v) is 12.8. The van der Waals surface area contributed by atoms with Crippen LogP contribution in [0.5, 0.6) is 0 Å². The second-order valence-corrected chi connectivity index (χ2v) is 6.36. The first-order valence-corrected chi connectivity index (χ1v) is 7.30. The van der Waals surface area contributed by atoms with E-state index in [-0.39, 0.29) is 6.04 Å². The number of nitrogens with one attached hydrogen (secondary N) is 1. The lowest BCUT2D eigenvalue weighted by Gasteiger charge is -2.14. The Labute approximate surface area is 122 Å². The van der Waals surface area contributed by atoms with Gasteiger partial charge in [-0.2, -0.15) is 0 Å². The molecule has 0 spiro atoms. The first-order chi connectivity index (χ1) is 8.06. The van der Waals surface area contributed by atoms with Crippen molar-refractivity contribution < 1.29 is 0 Å². The predicted molar refractivity (Wildman–Crippen MR) is 78.3 cm³/mol. The smallest absolute Gasteiger partial charge is 0.152 e. The summed E-state index contributed by atoms with van der Waals surface area (Å²) in [6, 6.07) is 3.98. The fourth-order valence-corrected chi connectivity index (χ4v) is 2.86. The van der Waals surface area contributed by atoms with Gasteiger partial charge in [-0.05, 0) is 45.9 Å². The van der Waals surface area contributed by atoms with Crippen LogP contribution in [0, 0.1) is 0 Å². The Morgan fingerprint density at radius 3 is 2.82 bits per heavy atom. The number of thiophene rings is 1.